The highest BCUT2D eigenvalue weighted by Crippen LogP contribution is 2.43. The third-order valence-corrected chi connectivity index (χ3v) is 8.76. The fourth-order valence-electron chi connectivity index (χ4n) is 6.05. The smallest absolute Gasteiger partial charge is 0.127 e. The van der Waals surface area contributed by atoms with Gasteiger partial charge in [0.25, 0.3) is 0 Å². The van der Waals surface area contributed by atoms with Crippen LogP contribution in [0.5, 0.6) is 11.5 Å². The molecule has 0 aromatic heterocycles. The fraction of sp³-hybridized carbons (Fsp3) is 0.200. The monoisotopic (exact) mass is 582 g/mol. The van der Waals surface area contributed by atoms with Crippen LogP contribution in [0.15, 0.2) is 121 Å². The highest BCUT2D eigenvalue weighted by molar-refractivity contribution is 5.89. The first-order valence-electron chi connectivity index (χ1n) is 15.3. The number of aliphatic hydroxyl groups is 2. The number of aliphatic hydroxyl groups excluding tert-OH is 2. The number of benzene rings is 6. The lowest BCUT2D eigenvalue weighted by molar-refractivity contribution is 0.202. The van der Waals surface area contributed by atoms with Crippen LogP contribution in [-0.4, -0.2) is 36.6 Å². The molecule has 0 radical (unpaired) electrons. The summed E-state index contributed by atoms with van der Waals surface area (Å²) in [6, 6.07) is 42.5. The third kappa shape index (κ3) is 5.79. The van der Waals surface area contributed by atoms with Gasteiger partial charge in [-0.3, -0.25) is 0 Å². The summed E-state index contributed by atoms with van der Waals surface area (Å²) in [5, 5.41) is 23.7. The van der Waals surface area contributed by atoms with Crippen LogP contribution in [0.2, 0.25) is 0 Å². The summed E-state index contributed by atoms with van der Waals surface area (Å²) in [6.45, 7) is 4.87. The van der Waals surface area contributed by atoms with Gasteiger partial charge in [0.15, 0.2) is 0 Å². The molecule has 44 heavy (non-hydrogen) atoms. The standard InChI is InChI=1S/C40H38O4/c1-3-40(2,34-16-18-38(43-22-20-41)36(26-34)32-14-12-28-8-4-6-10-30(28)24-32)35-17-19-39(44-23-21-42)37(27-35)33-15-13-29-9-5-7-11-31(29)25-33/h4-19,24-27,41-42H,3,20-23H2,1-2H3. The highest BCUT2D eigenvalue weighted by Gasteiger charge is 2.29. The molecule has 0 aliphatic carbocycles. The van der Waals surface area contributed by atoms with E-state index in [1.54, 1.807) is 0 Å². The van der Waals surface area contributed by atoms with Crippen molar-refractivity contribution < 1.29 is 19.7 Å². The molecule has 0 saturated carbocycles. The van der Waals surface area contributed by atoms with Gasteiger partial charge in [0.05, 0.1) is 13.2 Å². The van der Waals surface area contributed by atoms with Crippen molar-refractivity contribution in [2.75, 3.05) is 26.4 Å². The first-order valence-corrected chi connectivity index (χ1v) is 15.3. The molecule has 0 fully saturated rings. The maximum Gasteiger partial charge on any atom is 0.127 e. The topological polar surface area (TPSA) is 58.9 Å². The molecule has 6 aromatic rings. The summed E-state index contributed by atoms with van der Waals surface area (Å²) in [6.07, 6.45) is 0.870. The lowest BCUT2D eigenvalue weighted by Crippen LogP contribution is -2.23. The normalized spacial score (nSPS) is 11.6. The largest absolute Gasteiger partial charge is 0.491 e. The van der Waals surface area contributed by atoms with Crippen molar-refractivity contribution >= 4 is 21.5 Å². The molecule has 6 aromatic carbocycles. The minimum absolute atomic E-state index is 0.0478. The van der Waals surface area contributed by atoms with Gasteiger partial charge in [-0.1, -0.05) is 98.8 Å². The summed E-state index contributed by atoms with van der Waals surface area (Å²) in [5.74, 6) is 1.50. The highest BCUT2D eigenvalue weighted by atomic mass is 16.5. The summed E-state index contributed by atoms with van der Waals surface area (Å²) in [7, 11) is 0. The average molecular weight is 583 g/mol. The Kier molecular flexibility index (Phi) is 8.65. The van der Waals surface area contributed by atoms with Crippen molar-refractivity contribution in [2.24, 2.45) is 0 Å². The molecule has 0 atom stereocenters. The van der Waals surface area contributed by atoms with Crippen molar-refractivity contribution in [3.63, 3.8) is 0 Å². The quantitative estimate of drug-likeness (QED) is 0.160. The number of hydrogen-bond donors (Lipinski definition) is 2. The molecule has 2 N–H and O–H groups in total. The van der Waals surface area contributed by atoms with Crippen LogP contribution in [0.4, 0.5) is 0 Å². The SMILES string of the molecule is CCC(C)(c1ccc(OCCO)c(-c2ccc3ccccc3c2)c1)c1ccc(OCCO)c(-c2ccc3ccccc3c2)c1. The summed E-state index contributed by atoms with van der Waals surface area (Å²) >= 11 is 0. The van der Waals surface area contributed by atoms with Gasteiger partial charge in [0, 0.05) is 16.5 Å². The van der Waals surface area contributed by atoms with Gasteiger partial charge in [-0.15, -0.1) is 0 Å². The molecule has 4 nitrogen and oxygen atoms in total. The Hall–Kier alpha value is -4.64. The van der Waals surface area contributed by atoms with Gasteiger partial charge < -0.3 is 19.7 Å². The first-order chi connectivity index (χ1) is 21.5. The number of ether oxygens (including phenoxy) is 2. The summed E-state index contributed by atoms with van der Waals surface area (Å²) < 4.78 is 12.1. The average Bonchev–Trinajstić information content (AvgIpc) is 3.09. The van der Waals surface area contributed by atoms with Gasteiger partial charge in [-0.05, 0) is 86.6 Å². The van der Waals surface area contributed by atoms with E-state index < -0.39 is 0 Å². The lowest BCUT2D eigenvalue weighted by atomic mass is 9.73. The lowest BCUT2D eigenvalue weighted by Gasteiger charge is -2.31. The van der Waals surface area contributed by atoms with E-state index in [-0.39, 0.29) is 31.8 Å². The Morgan fingerprint density at radius 1 is 0.523 bits per heavy atom. The molecule has 4 heteroatoms. The van der Waals surface area contributed by atoms with Crippen LogP contribution in [-0.2, 0) is 5.41 Å². The van der Waals surface area contributed by atoms with E-state index in [2.05, 4.69) is 123 Å². The fourth-order valence-corrected chi connectivity index (χ4v) is 6.05. The van der Waals surface area contributed by atoms with Gasteiger partial charge in [0.1, 0.15) is 24.7 Å². The van der Waals surface area contributed by atoms with E-state index in [1.165, 1.54) is 32.7 Å². The number of hydrogen-bond acceptors (Lipinski definition) is 4. The van der Waals surface area contributed by atoms with Gasteiger partial charge >= 0.3 is 0 Å². The zero-order chi connectivity index (χ0) is 30.5. The minimum atomic E-state index is -0.317. The van der Waals surface area contributed by atoms with Crippen LogP contribution in [0.3, 0.4) is 0 Å². The molecule has 0 aliphatic rings. The zero-order valence-electron chi connectivity index (χ0n) is 25.3. The van der Waals surface area contributed by atoms with Crippen LogP contribution in [0.1, 0.15) is 31.4 Å². The molecule has 0 bridgehead atoms. The van der Waals surface area contributed by atoms with Crippen molar-refractivity contribution in [2.45, 2.75) is 25.7 Å². The van der Waals surface area contributed by atoms with Gasteiger partial charge in [-0.2, -0.15) is 0 Å². The van der Waals surface area contributed by atoms with Gasteiger partial charge in [0.2, 0.25) is 0 Å². The number of rotatable bonds is 11. The molecule has 0 saturated heterocycles. The molecule has 0 heterocycles. The van der Waals surface area contributed by atoms with E-state index in [4.69, 9.17) is 9.47 Å². The molecule has 0 unspecified atom stereocenters. The summed E-state index contributed by atoms with van der Waals surface area (Å²) in [5.41, 5.74) is 6.17. The third-order valence-electron chi connectivity index (χ3n) is 8.76. The first kappa shape index (κ1) is 29.4. The van der Waals surface area contributed by atoms with Crippen molar-refractivity contribution in [3.8, 4) is 33.8 Å². The Bertz CT molecular complexity index is 1770. The molecule has 0 amide bonds. The van der Waals surface area contributed by atoms with Crippen LogP contribution in [0, 0.1) is 0 Å². The van der Waals surface area contributed by atoms with E-state index in [9.17, 15) is 10.2 Å². The maximum absolute atomic E-state index is 9.51. The second-order valence-electron chi connectivity index (χ2n) is 11.4. The zero-order valence-corrected chi connectivity index (χ0v) is 25.3. The molecule has 6 rings (SSSR count). The van der Waals surface area contributed by atoms with Crippen LogP contribution < -0.4 is 9.47 Å². The van der Waals surface area contributed by atoms with Crippen molar-refractivity contribution in [1.82, 2.24) is 0 Å². The Labute approximate surface area is 259 Å². The molecule has 0 aliphatic heterocycles. The second kappa shape index (κ2) is 12.9. The predicted molar refractivity (Wildman–Crippen MR) is 181 cm³/mol. The predicted octanol–water partition coefficient (Wildman–Crippen LogP) is 8.79. The van der Waals surface area contributed by atoms with Crippen molar-refractivity contribution in [1.29, 1.82) is 0 Å². The van der Waals surface area contributed by atoms with Gasteiger partial charge in [-0.25, -0.2) is 0 Å². The Morgan fingerprint density at radius 2 is 0.955 bits per heavy atom. The van der Waals surface area contributed by atoms with Crippen LogP contribution >= 0.6 is 0 Å². The van der Waals surface area contributed by atoms with E-state index in [1.807, 2.05) is 12.1 Å². The van der Waals surface area contributed by atoms with E-state index in [0.29, 0.717) is 0 Å². The second-order valence-corrected chi connectivity index (χ2v) is 11.4. The van der Waals surface area contributed by atoms with E-state index >= 15 is 0 Å². The minimum Gasteiger partial charge on any atom is -0.491 e. The molecule has 0 spiro atoms. The number of fused-ring (bicyclic) bond motifs is 2. The summed E-state index contributed by atoms with van der Waals surface area (Å²) in [4.78, 5) is 0. The Morgan fingerprint density at radius 3 is 1.36 bits per heavy atom. The molecular weight excluding hydrogens is 544 g/mol. The van der Waals surface area contributed by atoms with Crippen molar-refractivity contribution in [3.05, 3.63) is 132 Å². The molecule has 222 valence electrons. The van der Waals surface area contributed by atoms with Crippen LogP contribution in [0.25, 0.3) is 43.8 Å². The molecular formula is C40H38O4. The van der Waals surface area contributed by atoms with E-state index in [0.717, 1.165) is 40.2 Å². The Balaban J connectivity index is 1.48. The maximum atomic E-state index is 9.51.